The maximum Gasteiger partial charge on any atom is 0.477 e. The van der Waals surface area contributed by atoms with E-state index < -0.39 is 6.95 Å². The summed E-state index contributed by atoms with van der Waals surface area (Å²) in [6.45, 7) is -3.57. The van der Waals surface area contributed by atoms with Crippen LogP contribution in [0.1, 0.15) is 19.3 Å². The molecule has 6 heteroatoms. The fraction of sp³-hybridized carbons (Fsp3) is 0.400. The van der Waals surface area contributed by atoms with Crippen molar-refractivity contribution in [1.29, 1.82) is 0 Å². The Morgan fingerprint density at radius 3 is 2.56 bits per heavy atom. The van der Waals surface area contributed by atoms with E-state index >= 15 is 0 Å². The van der Waals surface area contributed by atoms with E-state index in [9.17, 15) is 4.57 Å². The van der Waals surface area contributed by atoms with Gasteiger partial charge in [-0.05, 0) is 31.4 Å². The van der Waals surface area contributed by atoms with Gasteiger partial charge in [-0.1, -0.05) is 23.7 Å². The van der Waals surface area contributed by atoms with Gasteiger partial charge in [0.25, 0.3) is 0 Å². The third kappa shape index (κ3) is 3.14. The van der Waals surface area contributed by atoms with Crippen LogP contribution in [-0.2, 0) is 9.09 Å². The number of rotatable bonds is 4. The van der Waals surface area contributed by atoms with E-state index in [-0.39, 0.29) is 11.9 Å². The molecule has 1 aliphatic rings. The normalized spacial score (nSPS) is 19.9. The number of halogens is 2. The first-order chi connectivity index (χ1) is 7.57. The minimum absolute atomic E-state index is 0.0502. The standard InChI is InChI=1S/C10H11Cl2O3P/c11-9-6-1-2-7-10(9)15-16(12,13)14-8-4-3-5-8/h1-2,6-8H,3-5H2. The lowest BCUT2D eigenvalue weighted by Crippen LogP contribution is -2.20. The molecule has 1 fully saturated rings. The Morgan fingerprint density at radius 1 is 1.31 bits per heavy atom. The molecule has 88 valence electrons. The Labute approximate surface area is 104 Å². The third-order valence-corrected chi connectivity index (χ3v) is 4.09. The maximum absolute atomic E-state index is 11.8. The van der Waals surface area contributed by atoms with E-state index in [1.165, 1.54) is 0 Å². The molecule has 1 aliphatic carbocycles. The fourth-order valence-electron chi connectivity index (χ4n) is 1.31. The first-order valence-electron chi connectivity index (χ1n) is 4.99. The molecule has 1 atom stereocenters. The molecule has 0 heterocycles. The summed E-state index contributed by atoms with van der Waals surface area (Å²) in [4.78, 5) is 0. The molecule has 0 amide bonds. The summed E-state index contributed by atoms with van der Waals surface area (Å²) in [5.41, 5.74) is 0. The van der Waals surface area contributed by atoms with Crippen LogP contribution in [0.5, 0.6) is 5.75 Å². The Hall–Kier alpha value is -0.210. The zero-order valence-electron chi connectivity index (χ0n) is 8.44. The number of hydrogen-bond donors (Lipinski definition) is 0. The van der Waals surface area contributed by atoms with Crippen LogP contribution in [0.4, 0.5) is 0 Å². The monoisotopic (exact) mass is 280 g/mol. The van der Waals surface area contributed by atoms with Crippen LogP contribution >= 0.6 is 29.8 Å². The number of para-hydroxylation sites is 1. The zero-order chi connectivity index (χ0) is 11.6. The average molecular weight is 281 g/mol. The van der Waals surface area contributed by atoms with Crippen LogP contribution in [0.25, 0.3) is 0 Å². The fourth-order valence-corrected chi connectivity index (χ4v) is 3.11. The second-order valence-electron chi connectivity index (χ2n) is 3.61. The van der Waals surface area contributed by atoms with Gasteiger partial charge < -0.3 is 4.52 Å². The molecular formula is C10H11Cl2O3P. The lowest BCUT2D eigenvalue weighted by Gasteiger charge is -2.27. The predicted octanol–water partition coefficient (Wildman–Crippen LogP) is 4.63. The van der Waals surface area contributed by atoms with Crippen molar-refractivity contribution >= 4 is 29.8 Å². The van der Waals surface area contributed by atoms with Gasteiger partial charge in [-0.2, -0.15) is 0 Å². The summed E-state index contributed by atoms with van der Waals surface area (Å²) in [5.74, 6) is 0.279. The Bertz CT molecular complexity index is 420. The van der Waals surface area contributed by atoms with Gasteiger partial charge in [0.15, 0.2) is 0 Å². The summed E-state index contributed by atoms with van der Waals surface area (Å²) in [5, 5.41) is 0.362. The summed E-state index contributed by atoms with van der Waals surface area (Å²) in [7, 11) is 0. The maximum atomic E-state index is 11.8. The second kappa shape index (κ2) is 4.97. The molecule has 1 aromatic carbocycles. The van der Waals surface area contributed by atoms with Gasteiger partial charge in [-0.15, -0.1) is 0 Å². The molecule has 0 N–H and O–H groups in total. The first kappa shape index (κ1) is 12.3. The Balaban J connectivity index is 2.02. The Kier molecular flexibility index (Phi) is 3.81. The third-order valence-electron chi connectivity index (χ3n) is 2.37. The van der Waals surface area contributed by atoms with Crippen molar-refractivity contribution in [3.8, 4) is 5.75 Å². The molecule has 2 rings (SSSR count). The quantitative estimate of drug-likeness (QED) is 0.754. The Morgan fingerprint density at radius 2 is 2.00 bits per heavy atom. The van der Waals surface area contributed by atoms with Gasteiger partial charge in [0.05, 0.1) is 11.1 Å². The van der Waals surface area contributed by atoms with Crippen LogP contribution in [0.3, 0.4) is 0 Å². The van der Waals surface area contributed by atoms with E-state index in [1.807, 2.05) is 0 Å². The zero-order valence-corrected chi connectivity index (χ0v) is 10.8. The van der Waals surface area contributed by atoms with E-state index in [2.05, 4.69) is 0 Å². The number of hydrogen-bond acceptors (Lipinski definition) is 3. The largest absolute Gasteiger partial charge is 0.477 e. The van der Waals surface area contributed by atoms with Crippen LogP contribution in [-0.4, -0.2) is 6.10 Å². The van der Waals surface area contributed by atoms with Gasteiger partial charge in [-0.25, -0.2) is 4.57 Å². The van der Waals surface area contributed by atoms with Crippen molar-refractivity contribution in [2.75, 3.05) is 0 Å². The van der Waals surface area contributed by atoms with Gasteiger partial charge in [0.2, 0.25) is 0 Å². The minimum atomic E-state index is -3.57. The minimum Gasteiger partial charge on any atom is -0.412 e. The molecule has 0 spiro atoms. The molecule has 0 radical (unpaired) electrons. The second-order valence-corrected chi connectivity index (χ2v) is 6.51. The topological polar surface area (TPSA) is 35.5 Å². The van der Waals surface area contributed by atoms with E-state index in [0.717, 1.165) is 19.3 Å². The van der Waals surface area contributed by atoms with Crippen LogP contribution < -0.4 is 4.52 Å². The lowest BCUT2D eigenvalue weighted by atomic mass is 9.97. The highest BCUT2D eigenvalue weighted by Gasteiger charge is 2.31. The van der Waals surface area contributed by atoms with Crippen molar-refractivity contribution in [2.24, 2.45) is 0 Å². The van der Waals surface area contributed by atoms with Crippen molar-refractivity contribution in [2.45, 2.75) is 25.4 Å². The van der Waals surface area contributed by atoms with Crippen LogP contribution in [0.2, 0.25) is 5.02 Å². The van der Waals surface area contributed by atoms with E-state index in [1.54, 1.807) is 24.3 Å². The van der Waals surface area contributed by atoms with Gasteiger partial charge in [-0.3, -0.25) is 4.52 Å². The summed E-state index contributed by atoms with van der Waals surface area (Å²) in [6.07, 6.45) is 2.78. The molecular weight excluding hydrogens is 270 g/mol. The molecule has 0 aromatic heterocycles. The molecule has 16 heavy (non-hydrogen) atoms. The van der Waals surface area contributed by atoms with Gasteiger partial charge in [0.1, 0.15) is 5.75 Å². The summed E-state index contributed by atoms with van der Waals surface area (Å²) >= 11 is 11.6. The first-order valence-corrected chi connectivity index (χ1v) is 7.82. The molecule has 0 aliphatic heterocycles. The predicted molar refractivity (Wildman–Crippen MR) is 64.3 cm³/mol. The molecule has 1 unspecified atom stereocenters. The molecule has 1 aromatic rings. The van der Waals surface area contributed by atoms with E-state index in [0.29, 0.717) is 5.02 Å². The van der Waals surface area contributed by atoms with Crippen molar-refractivity contribution in [3.05, 3.63) is 29.3 Å². The van der Waals surface area contributed by atoms with Gasteiger partial charge >= 0.3 is 6.95 Å². The highest BCUT2D eigenvalue weighted by atomic mass is 35.7. The molecule has 3 nitrogen and oxygen atoms in total. The molecule has 0 saturated heterocycles. The molecule has 1 saturated carbocycles. The lowest BCUT2D eigenvalue weighted by molar-refractivity contribution is 0.113. The van der Waals surface area contributed by atoms with Crippen molar-refractivity contribution in [1.82, 2.24) is 0 Å². The van der Waals surface area contributed by atoms with Crippen molar-refractivity contribution in [3.63, 3.8) is 0 Å². The number of benzene rings is 1. The van der Waals surface area contributed by atoms with E-state index in [4.69, 9.17) is 31.9 Å². The van der Waals surface area contributed by atoms with Gasteiger partial charge in [0, 0.05) is 11.2 Å². The summed E-state index contributed by atoms with van der Waals surface area (Å²) in [6, 6.07) is 6.71. The smallest absolute Gasteiger partial charge is 0.412 e. The molecule has 0 bridgehead atoms. The highest BCUT2D eigenvalue weighted by molar-refractivity contribution is 7.81. The summed E-state index contributed by atoms with van der Waals surface area (Å²) < 4.78 is 22.1. The van der Waals surface area contributed by atoms with Crippen LogP contribution in [0, 0.1) is 0 Å². The highest BCUT2D eigenvalue weighted by Crippen LogP contribution is 2.56. The van der Waals surface area contributed by atoms with Crippen molar-refractivity contribution < 1.29 is 13.6 Å². The SMILES string of the molecule is O=P(Cl)(Oc1ccccc1Cl)OC1CCC1. The average Bonchev–Trinajstić information content (AvgIpc) is 2.16. The van der Waals surface area contributed by atoms with Crippen LogP contribution in [0.15, 0.2) is 24.3 Å².